The molecule has 0 atom stereocenters. The lowest BCUT2D eigenvalue weighted by atomic mass is 10.1. The minimum atomic E-state index is -3.60. The van der Waals surface area contributed by atoms with E-state index in [0.29, 0.717) is 29.3 Å². The van der Waals surface area contributed by atoms with Crippen molar-refractivity contribution in [3.63, 3.8) is 0 Å². The van der Waals surface area contributed by atoms with Crippen LogP contribution in [-0.2, 0) is 16.4 Å². The lowest BCUT2D eigenvalue weighted by Gasteiger charge is -2.15. The van der Waals surface area contributed by atoms with Gasteiger partial charge in [0.05, 0.1) is 23.7 Å². The molecule has 11 nitrogen and oxygen atoms in total. The van der Waals surface area contributed by atoms with Crippen molar-refractivity contribution < 1.29 is 26.9 Å². The van der Waals surface area contributed by atoms with Crippen LogP contribution < -0.4 is 20.5 Å². The number of hydrogen-bond acceptors (Lipinski definition) is 8. The first-order valence-electron chi connectivity index (χ1n) is 11.3. The first-order valence-corrected chi connectivity index (χ1v) is 12.9. The van der Waals surface area contributed by atoms with Gasteiger partial charge in [0.1, 0.15) is 22.9 Å². The molecule has 2 aromatic carbocycles. The molecule has 0 saturated heterocycles. The van der Waals surface area contributed by atoms with E-state index < -0.39 is 15.9 Å². The molecular formula is C24H25FN6O5S. The number of anilines is 3. The van der Waals surface area contributed by atoms with Crippen LogP contribution in [0.1, 0.15) is 28.6 Å². The van der Waals surface area contributed by atoms with E-state index in [0.717, 1.165) is 5.56 Å². The lowest BCUT2D eigenvalue weighted by Crippen LogP contribution is -2.16. The van der Waals surface area contributed by atoms with Crippen LogP contribution in [0.2, 0.25) is 0 Å². The Labute approximate surface area is 212 Å². The molecule has 37 heavy (non-hydrogen) atoms. The minimum absolute atomic E-state index is 0.0693. The molecule has 0 aliphatic rings. The summed E-state index contributed by atoms with van der Waals surface area (Å²) in [6, 6.07) is 12.3. The van der Waals surface area contributed by atoms with Crippen LogP contribution in [0.3, 0.4) is 0 Å². The third kappa shape index (κ3) is 6.25. The molecule has 4 rings (SSSR count). The Morgan fingerprint density at radius 3 is 2.59 bits per heavy atom. The van der Waals surface area contributed by atoms with Gasteiger partial charge < -0.3 is 20.3 Å². The van der Waals surface area contributed by atoms with Gasteiger partial charge in [-0.1, -0.05) is 23.4 Å². The van der Waals surface area contributed by atoms with Gasteiger partial charge in [-0.3, -0.25) is 14.6 Å². The number of aromatic nitrogens is 3. The maximum atomic E-state index is 13.2. The maximum Gasteiger partial charge on any atom is 0.254 e. The quantitative estimate of drug-likeness (QED) is 0.229. The van der Waals surface area contributed by atoms with Gasteiger partial charge >= 0.3 is 0 Å². The molecule has 2 aromatic heterocycles. The highest BCUT2D eigenvalue weighted by atomic mass is 32.2. The van der Waals surface area contributed by atoms with Crippen molar-refractivity contribution in [3.05, 3.63) is 71.2 Å². The van der Waals surface area contributed by atoms with Gasteiger partial charge in [0.25, 0.3) is 5.91 Å². The molecule has 0 aliphatic carbocycles. The number of nitrogens with two attached hydrogens (primary N) is 1. The number of ether oxygens (including phenoxy) is 1. The lowest BCUT2D eigenvalue weighted by molar-refractivity contribution is 0.100. The Kier molecular flexibility index (Phi) is 7.43. The van der Waals surface area contributed by atoms with Crippen LogP contribution in [0.4, 0.5) is 21.7 Å². The summed E-state index contributed by atoms with van der Waals surface area (Å²) >= 11 is 0. The van der Waals surface area contributed by atoms with E-state index in [2.05, 4.69) is 25.4 Å². The summed E-state index contributed by atoms with van der Waals surface area (Å²) in [5.41, 5.74) is 7.55. The zero-order valence-corrected chi connectivity index (χ0v) is 20.9. The van der Waals surface area contributed by atoms with Crippen LogP contribution in [0.5, 0.6) is 5.75 Å². The number of amides is 1. The second-order valence-electron chi connectivity index (χ2n) is 8.08. The van der Waals surface area contributed by atoms with Gasteiger partial charge in [-0.05, 0) is 43.7 Å². The van der Waals surface area contributed by atoms with E-state index in [1.807, 2.05) is 0 Å². The van der Waals surface area contributed by atoms with E-state index >= 15 is 0 Å². The maximum absolute atomic E-state index is 13.2. The van der Waals surface area contributed by atoms with Crippen molar-refractivity contribution in [3.8, 4) is 17.0 Å². The SMILES string of the molecule is CCS(=O)(=O)Nc1ccc(-c2[nH]nc(Nc3cc(C)on3)c2C(N)=O)cc1OCCc1ccc(F)cc1. The van der Waals surface area contributed by atoms with Gasteiger partial charge in [-0.15, -0.1) is 0 Å². The topological polar surface area (TPSA) is 165 Å². The highest BCUT2D eigenvalue weighted by Crippen LogP contribution is 2.34. The van der Waals surface area contributed by atoms with Crippen molar-refractivity contribution in [1.82, 2.24) is 15.4 Å². The molecule has 0 bridgehead atoms. The van der Waals surface area contributed by atoms with E-state index in [4.69, 9.17) is 15.0 Å². The number of aryl methyl sites for hydroxylation is 1. The van der Waals surface area contributed by atoms with Crippen molar-refractivity contribution in [2.45, 2.75) is 20.3 Å². The molecule has 194 valence electrons. The Morgan fingerprint density at radius 1 is 1.19 bits per heavy atom. The summed E-state index contributed by atoms with van der Waals surface area (Å²) < 4.78 is 51.1. The van der Waals surface area contributed by atoms with Crippen molar-refractivity contribution >= 4 is 33.3 Å². The number of primary amides is 1. The summed E-state index contributed by atoms with van der Waals surface area (Å²) in [5, 5.41) is 13.7. The Hall–Kier alpha value is -4.39. The van der Waals surface area contributed by atoms with Crippen LogP contribution in [0.15, 0.2) is 53.1 Å². The average Bonchev–Trinajstić information content (AvgIpc) is 3.47. The first-order chi connectivity index (χ1) is 17.6. The second kappa shape index (κ2) is 10.7. The number of nitrogens with one attached hydrogen (secondary N) is 3. The summed E-state index contributed by atoms with van der Waals surface area (Å²) in [5.74, 6) is 0.0476. The number of H-pyrrole nitrogens is 1. The molecule has 0 spiro atoms. The number of carbonyl (C=O) groups excluding carboxylic acids is 1. The standard InChI is InChI=1S/C24H25FN6O5S/c1-3-37(33,34)31-18-9-6-16(13-19(18)35-11-10-15-4-7-17(25)8-5-15)22-21(23(26)32)24(29-28-22)27-20-12-14(2)36-30-20/h4-9,12-13,31H,3,10-11H2,1-2H3,(H2,26,32)(H2,27,28,29,30). The number of nitrogens with zero attached hydrogens (tertiary/aromatic N) is 2. The van der Waals surface area contributed by atoms with Crippen LogP contribution in [0.25, 0.3) is 11.3 Å². The monoisotopic (exact) mass is 528 g/mol. The predicted molar refractivity (Wildman–Crippen MR) is 136 cm³/mol. The van der Waals surface area contributed by atoms with Gasteiger partial charge in [0.15, 0.2) is 11.6 Å². The number of benzene rings is 2. The van der Waals surface area contributed by atoms with Gasteiger partial charge in [-0.2, -0.15) is 5.10 Å². The van der Waals surface area contributed by atoms with Crippen LogP contribution in [-0.4, -0.2) is 42.0 Å². The molecule has 0 radical (unpaired) electrons. The van der Waals surface area contributed by atoms with Crippen molar-refractivity contribution in [2.75, 3.05) is 22.4 Å². The number of hydrogen-bond donors (Lipinski definition) is 4. The molecule has 2 heterocycles. The Bertz CT molecular complexity index is 1510. The zero-order valence-electron chi connectivity index (χ0n) is 20.0. The third-order valence-electron chi connectivity index (χ3n) is 5.36. The van der Waals surface area contributed by atoms with Crippen molar-refractivity contribution in [1.29, 1.82) is 0 Å². The summed E-state index contributed by atoms with van der Waals surface area (Å²) in [4.78, 5) is 12.3. The van der Waals surface area contributed by atoms with E-state index in [9.17, 15) is 17.6 Å². The number of rotatable bonds is 11. The number of halogens is 1. The largest absolute Gasteiger partial charge is 0.491 e. The number of aromatic amines is 1. The Morgan fingerprint density at radius 2 is 1.95 bits per heavy atom. The van der Waals surface area contributed by atoms with E-state index in [1.54, 1.807) is 37.3 Å². The molecule has 0 saturated carbocycles. The molecular weight excluding hydrogens is 503 g/mol. The molecule has 0 unspecified atom stereocenters. The first kappa shape index (κ1) is 25.7. The molecule has 4 aromatic rings. The van der Waals surface area contributed by atoms with E-state index in [1.165, 1.54) is 25.1 Å². The Balaban J connectivity index is 1.65. The fourth-order valence-corrected chi connectivity index (χ4v) is 4.13. The van der Waals surface area contributed by atoms with E-state index in [-0.39, 0.29) is 41.0 Å². The average molecular weight is 529 g/mol. The van der Waals surface area contributed by atoms with Gasteiger partial charge in [0, 0.05) is 18.1 Å². The summed E-state index contributed by atoms with van der Waals surface area (Å²) in [6.07, 6.45) is 0.451. The fourth-order valence-electron chi connectivity index (χ4n) is 3.48. The number of sulfonamides is 1. The van der Waals surface area contributed by atoms with Gasteiger partial charge in [-0.25, -0.2) is 12.8 Å². The molecule has 0 fully saturated rings. The molecule has 5 N–H and O–H groups in total. The highest BCUT2D eigenvalue weighted by Gasteiger charge is 2.22. The predicted octanol–water partition coefficient (Wildman–Crippen LogP) is 3.74. The van der Waals surface area contributed by atoms with Crippen molar-refractivity contribution in [2.24, 2.45) is 5.73 Å². The molecule has 0 aliphatic heterocycles. The third-order valence-corrected chi connectivity index (χ3v) is 6.66. The fraction of sp³-hybridized carbons (Fsp3) is 0.208. The smallest absolute Gasteiger partial charge is 0.254 e. The second-order valence-corrected chi connectivity index (χ2v) is 10.1. The van der Waals surface area contributed by atoms with Crippen LogP contribution in [0, 0.1) is 12.7 Å². The molecule has 1 amide bonds. The summed E-state index contributed by atoms with van der Waals surface area (Å²) in [6.45, 7) is 3.41. The number of carbonyl (C=O) groups is 1. The molecule has 13 heteroatoms. The minimum Gasteiger partial charge on any atom is -0.491 e. The highest BCUT2D eigenvalue weighted by molar-refractivity contribution is 7.92. The summed E-state index contributed by atoms with van der Waals surface area (Å²) in [7, 11) is -3.60. The normalized spacial score (nSPS) is 11.3. The zero-order chi connectivity index (χ0) is 26.6. The van der Waals surface area contributed by atoms with Gasteiger partial charge in [0.2, 0.25) is 10.0 Å². The van der Waals surface area contributed by atoms with Crippen LogP contribution >= 0.6 is 0 Å².